The Morgan fingerprint density at radius 1 is 1.16 bits per heavy atom. The molecule has 0 saturated heterocycles. The number of halogens is 3. The van der Waals surface area contributed by atoms with E-state index in [1.54, 1.807) is 6.92 Å². The summed E-state index contributed by atoms with van der Waals surface area (Å²) in [4.78, 5) is 22.5. The normalized spacial score (nSPS) is 11.1. The molecule has 0 radical (unpaired) electrons. The smallest absolute Gasteiger partial charge is 0.322 e. The fourth-order valence-corrected chi connectivity index (χ4v) is 3.72. The van der Waals surface area contributed by atoms with Crippen molar-refractivity contribution in [1.82, 2.24) is 5.32 Å². The maximum atomic E-state index is 14.8. The van der Waals surface area contributed by atoms with Gasteiger partial charge in [0.1, 0.15) is 13.2 Å². The van der Waals surface area contributed by atoms with Crippen molar-refractivity contribution < 1.29 is 32.2 Å². The van der Waals surface area contributed by atoms with Crippen LogP contribution in [0.5, 0.6) is 5.75 Å². The number of ether oxygens (including phenoxy) is 1. The predicted molar refractivity (Wildman–Crippen MR) is 115 cm³/mol. The fourth-order valence-electron chi connectivity index (χ4n) is 2.50. The first-order valence-corrected chi connectivity index (χ1v) is 11.3. The highest BCUT2D eigenvalue weighted by molar-refractivity contribution is 7.92. The van der Waals surface area contributed by atoms with Gasteiger partial charge in [0.2, 0.25) is 10.0 Å². The minimum atomic E-state index is -3.68. The van der Waals surface area contributed by atoms with Crippen molar-refractivity contribution in [2.75, 3.05) is 17.0 Å². The van der Waals surface area contributed by atoms with Crippen LogP contribution in [0.1, 0.15) is 28.4 Å². The van der Waals surface area contributed by atoms with E-state index < -0.39 is 34.3 Å². The van der Waals surface area contributed by atoms with Gasteiger partial charge in [-0.3, -0.25) is 14.3 Å². The highest BCUT2D eigenvalue weighted by Crippen LogP contribution is 2.35. The van der Waals surface area contributed by atoms with Crippen LogP contribution in [0.15, 0.2) is 24.3 Å². The van der Waals surface area contributed by atoms with Crippen LogP contribution in [-0.2, 0) is 21.4 Å². The van der Waals surface area contributed by atoms with Gasteiger partial charge in [0, 0.05) is 11.1 Å². The second-order valence-electron chi connectivity index (χ2n) is 6.43. The highest BCUT2D eigenvalue weighted by Gasteiger charge is 2.18. The number of amides is 1. The fraction of sp³-hybridized carbons (Fsp3) is 0.263. The van der Waals surface area contributed by atoms with Gasteiger partial charge >= 0.3 is 5.97 Å². The van der Waals surface area contributed by atoms with Gasteiger partial charge in [-0.1, -0.05) is 23.2 Å². The molecule has 0 bridgehead atoms. The molecular formula is C19H19Cl2FN2O6S. The van der Waals surface area contributed by atoms with Crippen LogP contribution in [-0.4, -0.2) is 37.7 Å². The largest absolute Gasteiger partial charge is 0.486 e. The second kappa shape index (κ2) is 10.2. The summed E-state index contributed by atoms with van der Waals surface area (Å²) >= 11 is 12.2. The molecule has 0 aliphatic rings. The van der Waals surface area contributed by atoms with Crippen LogP contribution >= 0.6 is 23.2 Å². The van der Waals surface area contributed by atoms with Crippen molar-refractivity contribution in [2.24, 2.45) is 0 Å². The molecule has 168 valence electrons. The molecule has 0 heterocycles. The Bertz CT molecular complexity index is 1100. The lowest BCUT2D eigenvalue weighted by atomic mass is 10.1. The number of aliphatic carboxylic acids is 1. The average Bonchev–Trinajstić information content (AvgIpc) is 2.68. The van der Waals surface area contributed by atoms with Gasteiger partial charge in [0.15, 0.2) is 11.6 Å². The van der Waals surface area contributed by atoms with Gasteiger partial charge < -0.3 is 15.2 Å². The monoisotopic (exact) mass is 492 g/mol. The first kappa shape index (κ1) is 24.7. The Morgan fingerprint density at radius 3 is 2.32 bits per heavy atom. The number of hydrogen-bond donors (Lipinski definition) is 3. The van der Waals surface area contributed by atoms with E-state index in [9.17, 15) is 22.4 Å². The van der Waals surface area contributed by atoms with E-state index in [4.69, 9.17) is 33.0 Å². The summed E-state index contributed by atoms with van der Waals surface area (Å²) in [6.07, 6.45) is 0. The number of benzene rings is 2. The first-order chi connectivity index (χ1) is 14.4. The SMILES string of the molecule is CCS(=O)(=O)Nc1cc(C)cc(COc2c(Cl)cc(C(=O)NCC(=O)O)cc2Cl)c1F. The van der Waals surface area contributed by atoms with Crippen molar-refractivity contribution in [3.8, 4) is 5.75 Å². The van der Waals surface area contributed by atoms with Crippen LogP contribution in [0.25, 0.3) is 0 Å². The number of aryl methyl sites for hydroxylation is 1. The molecule has 0 saturated carbocycles. The molecule has 2 rings (SSSR count). The molecule has 0 aromatic heterocycles. The number of carbonyl (C=O) groups is 2. The lowest BCUT2D eigenvalue weighted by molar-refractivity contribution is -0.135. The summed E-state index contributed by atoms with van der Waals surface area (Å²) in [7, 11) is -3.68. The Morgan fingerprint density at radius 2 is 1.77 bits per heavy atom. The molecule has 31 heavy (non-hydrogen) atoms. The van der Waals surface area contributed by atoms with Gasteiger partial charge in [-0.25, -0.2) is 12.8 Å². The number of carboxylic acids is 1. The van der Waals surface area contributed by atoms with Gasteiger partial charge in [0.05, 0.1) is 21.5 Å². The molecule has 0 fully saturated rings. The lowest BCUT2D eigenvalue weighted by Crippen LogP contribution is -2.29. The average molecular weight is 493 g/mol. The predicted octanol–water partition coefficient (Wildman–Crippen LogP) is 3.60. The summed E-state index contributed by atoms with van der Waals surface area (Å²) in [6.45, 7) is 2.19. The second-order valence-corrected chi connectivity index (χ2v) is 9.25. The molecule has 12 heteroatoms. The van der Waals surface area contributed by atoms with E-state index in [0.29, 0.717) is 5.56 Å². The van der Waals surface area contributed by atoms with E-state index in [-0.39, 0.29) is 45.0 Å². The lowest BCUT2D eigenvalue weighted by Gasteiger charge is -2.15. The van der Waals surface area contributed by atoms with Crippen molar-refractivity contribution >= 4 is 50.8 Å². The van der Waals surface area contributed by atoms with E-state index in [2.05, 4.69) is 10.0 Å². The number of sulfonamides is 1. The Kier molecular flexibility index (Phi) is 8.10. The van der Waals surface area contributed by atoms with Crippen LogP contribution in [0.4, 0.5) is 10.1 Å². The van der Waals surface area contributed by atoms with Gasteiger partial charge in [-0.2, -0.15) is 0 Å². The molecule has 1 amide bonds. The zero-order chi connectivity index (χ0) is 23.3. The van der Waals surface area contributed by atoms with E-state index in [0.717, 1.165) is 0 Å². The van der Waals surface area contributed by atoms with E-state index in [1.165, 1.54) is 31.2 Å². The minimum absolute atomic E-state index is 0.0154. The molecule has 0 unspecified atom stereocenters. The zero-order valence-corrected chi connectivity index (χ0v) is 18.8. The van der Waals surface area contributed by atoms with Crippen LogP contribution in [0.3, 0.4) is 0 Å². The maximum Gasteiger partial charge on any atom is 0.322 e. The third-order valence-electron chi connectivity index (χ3n) is 3.97. The summed E-state index contributed by atoms with van der Waals surface area (Å²) in [6, 6.07) is 5.30. The van der Waals surface area contributed by atoms with Crippen molar-refractivity contribution in [3.05, 3.63) is 56.8 Å². The number of anilines is 1. The van der Waals surface area contributed by atoms with Gasteiger partial charge in [-0.15, -0.1) is 0 Å². The first-order valence-electron chi connectivity index (χ1n) is 8.84. The van der Waals surface area contributed by atoms with Crippen LogP contribution in [0.2, 0.25) is 10.0 Å². The summed E-state index contributed by atoms with van der Waals surface area (Å²) in [5.74, 6) is -2.96. The zero-order valence-electron chi connectivity index (χ0n) is 16.5. The van der Waals surface area contributed by atoms with Crippen molar-refractivity contribution in [2.45, 2.75) is 20.5 Å². The minimum Gasteiger partial charge on any atom is -0.486 e. The van der Waals surface area contributed by atoms with Crippen LogP contribution in [0, 0.1) is 12.7 Å². The Balaban J connectivity index is 2.24. The van der Waals surface area contributed by atoms with Crippen LogP contribution < -0.4 is 14.8 Å². The third kappa shape index (κ3) is 6.71. The molecular weight excluding hydrogens is 474 g/mol. The maximum absolute atomic E-state index is 14.8. The molecule has 2 aromatic carbocycles. The van der Waals surface area contributed by atoms with Gasteiger partial charge in [0.25, 0.3) is 5.91 Å². The standard InChI is InChI=1S/C19H19Cl2FN2O6S/c1-3-31(28,29)24-15-5-10(2)4-12(17(15)22)9-30-18-13(20)6-11(7-14(18)21)19(27)23-8-16(25)26/h4-7,24H,3,8-9H2,1-2H3,(H,23,27)(H,25,26). The molecule has 0 atom stereocenters. The summed E-state index contributed by atoms with van der Waals surface area (Å²) in [5, 5.41) is 10.7. The Hall–Kier alpha value is -2.56. The number of carboxylic acid groups (broad SMARTS) is 1. The number of nitrogens with one attached hydrogen (secondary N) is 2. The molecule has 2 aromatic rings. The molecule has 0 aliphatic carbocycles. The molecule has 8 nitrogen and oxygen atoms in total. The van der Waals surface area contributed by atoms with Crippen molar-refractivity contribution in [3.63, 3.8) is 0 Å². The molecule has 0 spiro atoms. The molecule has 3 N–H and O–H groups in total. The van der Waals surface area contributed by atoms with E-state index >= 15 is 0 Å². The number of carbonyl (C=O) groups excluding carboxylic acids is 1. The topological polar surface area (TPSA) is 122 Å². The summed E-state index contributed by atoms with van der Waals surface area (Å²) in [5.41, 5.74) is 0.463. The van der Waals surface area contributed by atoms with E-state index in [1.807, 2.05) is 0 Å². The molecule has 0 aliphatic heterocycles. The third-order valence-corrected chi connectivity index (χ3v) is 5.82. The number of hydrogen-bond acceptors (Lipinski definition) is 5. The quantitative estimate of drug-likeness (QED) is 0.491. The number of rotatable bonds is 9. The van der Waals surface area contributed by atoms with Crippen molar-refractivity contribution in [1.29, 1.82) is 0 Å². The Labute approximate surface area is 188 Å². The highest BCUT2D eigenvalue weighted by atomic mass is 35.5. The summed E-state index contributed by atoms with van der Waals surface area (Å²) < 4.78 is 46.0. The van der Waals surface area contributed by atoms with Gasteiger partial charge in [-0.05, 0) is 43.7 Å².